The van der Waals surface area contributed by atoms with Gasteiger partial charge in [-0.15, -0.1) is 0 Å². The number of ketones is 1. The zero-order valence-electron chi connectivity index (χ0n) is 23.4. The van der Waals surface area contributed by atoms with Gasteiger partial charge in [-0.25, -0.2) is 0 Å². The van der Waals surface area contributed by atoms with Crippen LogP contribution in [0.5, 0.6) is 0 Å². The first-order valence-corrected chi connectivity index (χ1v) is 14.7. The molecule has 3 aromatic rings. The van der Waals surface area contributed by atoms with Crippen LogP contribution in [0, 0.1) is 0 Å². The third-order valence-electron chi connectivity index (χ3n) is 8.07. The van der Waals surface area contributed by atoms with Gasteiger partial charge in [0.2, 0.25) is 0 Å². The third-order valence-corrected chi connectivity index (χ3v) is 8.32. The van der Waals surface area contributed by atoms with Gasteiger partial charge in [0.1, 0.15) is 0 Å². The number of carbonyl (C=O) groups is 2. The molecule has 8 nitrogen and oxygen atoms in total. The number of nitrogens with zero attached hydrogens (tertiary/aromatic N) is 4. The summed E-state index contributed by atoms with van der Waals surface area (Å²) < 4.78 is 1.71. The van der Waals surface area contributed by atoms with Gasteiger partial charge in [-0.3, -0.25) is 24.1 Å². The second-order valence-corrected chi connectivity index (χ2v) is 11.5. The van der Waals surface area contributed by atoms with Gasteiger partial charge in [-0.05, 0) is 52.5 Å². The maximum atomic E-state index is 13.0. The van der Waals surface area contributed by atoms with Crippen molar-refractivity contribution in [3.63, 3.8) is 0 Å². The molecular formula is C33H34ClN5O3. The van der Waals surface area contributed by atoms with E-state index in [4.69, 9.17) is 11.6 Å². The minimum atomic E-state index is -0.265. The Morgan fingerprint density at radius 1 is 0.976 bits per heavy atom. The topological polar surface area (TPSA) is 90.7 Å². The maximum absolute atomic E-state index is 13.0. The predicted molar refractivity (Wildman–Crippen MR) is 163 cm³/mol. The van der Waals surface area contributed by atoms with E-state index in [-0.39, 0.29) is 24.7 Å². The number of carbonyl (C=O) groups excluding carboxylic acids is 2. The van der Waals surface area contributed by atoms with Gasteiger partial charge in [0, 0.05) is 68.2 Å². The number of piperazine rings is 1. The van der Waals surface area contributed by atoms with Crippen molar-refractivity contribution in [2.45, 2.75) is 25.9 Å². The van der Waals surface area contributed by atoms with Crippen LogP contribution in [0.15, 0.2) is 83.9 Å². The number of halogens is 1. The molecule has 2 aliphatic carbocycles. The van der Waals surface area contributed by atoms with Crippen LogP contribution in [0.25, 0.3) is 6.08 Å². The van der Waals surface area contributed by atoms with Gasteiger partial charge < -0.3 is 10.4 Å². The number of allylic oxidation sites excluding steroid dienone is 4. The Kier molecular flexibility index (Phi) is 8.48. The van der Waals surface area contributed by atoms with Crippen molar-refractivity contribution in [3.8, 4) is 0 Å². The number of Topliss-reactive ketones (excluding diaryl/α,β-unsaturated/α-hetero) is 1. The molecule has 216 valence electrons. The number of fused-ring (bicyclic) bond motifs is 1. The molecule has 2 N–H and O–H groups in total. The van der Waals surface area contributed by atoms with Gasteiger partial charge in [0.15, 0.2) is 5.78 Å². The molecule has 9 heteroatoms. The monoisotopic (exact) mass is 583 g/mol. The number of rotatable bonds is 9. The Balaban J connectivity index is 1.09. The second kappa shape index (κ2) is 12.6. The van der Waals surface area contributed by atoms with Gasteiger partial charge in [-0.2, -0.15) is 5.10 Å². The highest BCUT2D eigenvalue weighted by atomic mass is 35.5. The molecule has 1 amide bonds. The Labute approximate surface area is 250 Å². The van der Waals surface area contributed by atoms with E-state index in [0.717, 1.165) is 56.0 Å². The Morgan fingerprint density at radius 3 is 2.52 bits per heavy atom. The van der Waals surface area contributed by atoms with Gasteiger partial charge in [-0.1, -0.05) is 54.1 Å². The van der Waals surface area contributed by atoms with Crippen molar-refractivity contribution < 1.29 is 14.7 Å². The molecule has 0 atom stereocenters. The number of hydrogen-bond acceptors (Lipinski definition) is 6. The van der Waals surface area contributed by atoms with E-state index in [1.807, 2.05) is 24.3 Å². The van der Waals surface area contributed by atoms with E-state index in [0.29, 0.717) is 34.8 Å². The molecule has 0 bridgehead atoms. The summed E-state index contributed by atoms with van der Waals surface area (Å²) in [5, 5.41) is 17.1. The number of amides is 1. The quantitative estimate of drug-likeness (QED) is 0.398. The summed E-state index contributed by atoms with van der Waals surface area (Å²) in [5.74, 6) is -0.206. The summed E-state index contributed by atoms with van der Waals surface area (Å²) in [6.45, 7) is 6.30. The molecule has 42 heavy (non-hydrogen) atoms. The van der Waals surface area contributed by atoms with E-state index in [2.05, 4.69) is 44.5 Å². The number of aromatic nitrogens is 2. The van der Waals surface area contributed by atoms with Crippen LogP contribution < -0.4 is 5.32 Å². The van der Waals surface area contributed by atoms with Gasteiger partial charge in [0.25, 0.3) is 5.91 Å². The van der Waals surface area contributed by atoms with Crippen molar-refractivity contribution in [1.82, 2.24) is 24.9 Å². The van der Waals surface area contributed by atoms with Crippen LogP contribution in [0.1, 0.15) is 39.0 Å². The van der Waals surface area contributed by atoms with Crippen molar-refractivity contribution >= 4 is 29.4 Å². The largest absolute Gasteiger partial charge is 0.395 e. The van der Waals surface area contributed by atoms with E-state index in [1.165, 1.54) is 11.1 Å². The number of nitrogens with one attached hydrogen (secondary N) is 1. The lowest BCUT2D eigenvalue weighted by Gasteiger charge is -2.34. The molecule has 1 aromatic heterocycles. The van der Waals surface area contributed by atoms with E-state index in [1.54, 1.807) is 29.2 Å². The lowest BCUT2D eigenvalue weighted by Crippen LogP contribution is -2.46. The first-order chi connectivity index (χ1) is 20.4. The number of aliphatic hydroxyl groups is 1. The maximum Gasteiger partial charge on any atom is 0.258 e. The molecule has 1 saturated heterocycles. The summed E-state index contributed by atoms with van der Waals surface area (Å²) >= 11 is 5.97. The molecule has 0 unspecified atom stereocenters. The first kappa shape index (κ1) is 28.3. The van der Waals surface area contributed by atoms with Crippen LogP contribution in [0.3, 0.4) is 0 Å². The van der Waals surface area contributed by atoms with E-state index < -0.39 is 0 Å². The first-order valence-electron chi connectivity index (χ1n) is 14.3. The van der Waals surface area contributed by atoms with Crippen molar-refractivity contribution in [2.75, 3.05) is 39.3 Å². The Morgan fingerprint density at radius 2 is 1.74 bits per heavy atom. The van der Waals surface area contributed by atoms with Crippen LogP contribution in [0.2, 0.25) is 5.02 Å². The molecule has 6 rings (SSSR count). The highest BCUT2D eigenvalue weighted by molar-refractivity contribution is 6.30. The Bertz CT molecular complexity index is 1580. The number of benzene rings is 2. The summed E-state index contributed by atoms with van der Waals surface area (Å²) in [6.07, 6.45) is 9.89. The minimum Gasteiger partial charge on any atom is -0.395 e. The molecule has 1 aliphatic heterocycles. The fraction of sp³-hybridized carbons (Fsp3) is 0.303. The van der Waals surface area contributed by atoms with Crippen LogP contribution >= 0.6 is 11.6 Å². The predicted octanol–water partition coefficient (Wildman–Crippen LogP) is 3.85. The summed E-state index contributed by atoms with van der Waals surface area (Å²) in [6, 6.07) is 14.1. The summed E-state index contributed by atoms with van der Waals surface area (Å²) in [7, 11) is 0. The number of hydrogen-bond donors (Lipinski definition) is 2. The molecule has 0 spiro atoms. The van der Waals surface area contributed by atoms with Crippen molar-refractivity contribution in [1.29, 1.82) is 0 Å². The average molecular weight is 584 g/mol. The molecule has 3 aliphatic rings. The summed E-state index contributed by atoms with van der Waals surface area (Å²) in [5.41, 5.74) is 7.38. The minimum absolute atomic E-state index is 0.0591. The smallest absolute Gasteiger partial charge is 0.258 e. The lowest BCUT2D eigenvalue weighted by atomic mass is 9.93. The van der Waals surface area contributed by atoms with Crippen molar-refractivity contribution in [3.05, 3.63) is 117 Å². The fourth-order valence-electron chi connectivity index (χ4n) is 5.74. The number of aliphatic hydroxyl groups excluding tert-OH is 1. The van der Waals surface area contributed by atoms with Crippen LogP contribution in [0.4, 0.5) is 0 Å². The zero-order valence-corrected chi connectivity index (χ0v) is 24.2. The summed E-state index contributed by atoms with van der Waals surface area (Å²) in [4.78, 5) is 30.7. The van der Waals surface area contributed by atoms with Gasteiger partial charge in [0.05, 0.1) is 24.9 Å². The van der Waals surface area contributed by atoms with Gasteiger partial charge >= 0.3 is 0 Å². The zero-order chi connectivity index (χ0) is 29.1. The third kappa shape index (κ3) is 6.63. The van der Waals surface area contributed by atoms with Crippen LogP contribution in [-0.2, 0) is 24.3 Å². The van der Waals surface area contributed by atoms with E-state index >= 15 is 0 Å². The van der Waals surface area contributed by atoms with Crippen molar-refractivity contribution in [2.24, 2.45) is 0 Å². The molecule has 0 radical (unpaired) electrons. The molecule has 0 saturated carbocycles. The molecule has 2 aromatic carbocycles. The standard InChI is InChI=1S/C33H34ClN5O3/c34-29-5-2-23(3-6-29)21-39-22-28(19-35-39)33(42)36-30-7-8-32(41)31(18-30)27-16-25-4-1-24(15-26(25)17-27)20-38-11-9-37(10-12-38)13-14-40/h1-7,15,17-19,22,40H,8-14,16,20-21H2,(H,36,42). The van der Waals surface area contributed by atoms with Crippen LogP contribution in [-0.4, -0.2) is 75.7 Å². The SMILES string of the molecule is O=C1CC=C(NC(=O)c2cnn(Cc3ccc(Cl)cc3)c2)C=C1C1=Cc2cc(CN3CCN(CCO)CC3)ccc2C1. The average Bonchev–Trinajstić information content (AvgIpc) is 3.63. The number of β-amino-alcohol motifs (C(OH)–C–C–N with tert-alkyl or cyclic N) is 1. The fourth-order valence-corrected chi connectivity index (χ4v) is 5.87. The second-order valence-electron chi connectivity index (χ2n) is 11.1. The van der Waals surface area contributed by atoms with E-state index in [9.17, 15) is 14.7 Å². The highest BCUT2D eigenvalue weighted by Crippen LogP contribution is 2.33. The normalized spacial score (nSPS) is 17.5. The Hall–Kier alpha value is -3.82. The lowest BCUT2D eigenvalue weighted by molar-refractivity contribution is -0.114. The highest BCUT2D eigenvalue weighted by Gasteiger charge is 2.24. The molecular weight excluding hydrogens is 550 g/mol. The molecule has 1 fully saturated rings. The molecule has 2 heterocycles.